The van der Waals surface area contributed by atoms with E-state index in [0.717, 1.165) is 0 Å². The van der Waals surface area contributed by atoms with Crippen LogP contribution in [0.3, 0.4) is 0 Å². The van der Waals surface area contributed by atoms with Crippen LogP contribution in [0.4, 0.5) is 0 Å². The van der Waals surface area contributed by atoms with Gasteiger partial charge in [0, 0.05) is 5.02 Å². The van der Waals surface area contributed by atoms with E-state index in [2.05, 4.69) is 9.97 Å². The Morgan fingerprint density at radius 1 is 0.882 bits per heavy atom. The van der Waals surface area contributed by atoms with Crippen LogP contribution in [0.2, 0.25) is 10.0 Å². The number of benzene rings is 1. The van der Waals surface area contributed by atoms with Gasteiger partial charge in [-0.05, 0) is 24.3 Å². The highest BCUT2D eigenvalue weighted by Gasteiger charge is 1.98. The summed E-state index contributed by atoms with van der Waals surface area (Å²) < 4.78 is 10.5. The Balaban J connectivity index is 1.83. The van der Waals surface area contributed by atoms with Gasteiger partial charge in [0.2, 0.25) is 6.79 Å². The molecule has 1 heterocycles. The highest BCUT2D eigenvalue weighted by atomic mass is 35.5. The van der Waals surface area contributed by atoms with Gasteiger partial charge in [-0.25, -0.2) is 9.97 Å². The molecule has 1 aromatic carbocycles. The monoisotopic (exact) mass is 270 g/mol. The normalized spacial score (nSPS) is 10.0. The van der Waals surface area contributed by atoms with Gasteiger partial charge in [-0.1, -0.05) is 23.2 Å². The number of halogens is 2. The fraction of sp³-hybridized carbons (Fsp3) is 0.0909. The van der Waals surface area contributed by atoms with E-state index in [1.165, 1.54) is 12.4 Å². The van der Waals surface area contributed by atoms with Gasteiger partial charge in [0.15, 0.2) is 0 Å². The third-order valence-electron chi connectivity index (χ3n) is 1.82. The van der Waals surface area contributed by atoms with Crippen LogP contribution in [0.15, 0.2) is 36.7 Å². The summed E-state index contributed by atoms with van der Waals surface area (Å²) in [7, 11) is 0. The van der Waals surface area contributed by atoms with E-state index in [1.54, 1.807) is 24.3 Å². The molecule has 4 nitrogen and oxygen atoms in total. The maximum Gasteiger partial charge on any atom is 0.319 e. The van der Waals surface area contributed by atoms with E-state index in [-0.39, 0.29) is 12.8 Å². The summed E-state index contributed by atoms with van der Waals surface area (Å²) in [6, 6.07) is 7.16. The first-order chi connectivity index (χ1) is 8.24. The second kappa shape index (κ2) is 5.70. The number of aromatic nitrogens is 2. The van der Waals surface area contributed by atoms with Gasteiger partial charge >= 0.3 is 6.01 Å². The number of hydrogen-bond donors (Lipinski definition) is 0. The third kappa shape index (κ3) is 3.76. The number of hydrogen-bond acceptors (Lipinski definition) is 4. The number of ether oxygens (including phenoxy) is 2. The molecule has 0 aliphatic carbocycles. The second-order valence-electron chi connectivity index (χ2n) is 3.04. The number of nitrogens with zero attached hydrogens (tertiary/aromatic N) is 2. The minimum atomic E-state index is 0.0171. The van der Waals surface area contributed by atoms with Crippen molar-refractivity contribution in [1.29, 1.82) is 0 Å². The fourth-order valence-electron chi connectivity index (χ4n) is 1.06. The summed E-state index contributed by atoms with van der Waals surface area (Å²) in [6.45, 7) is 0.0171. The molecule has 0 atom stereocenters. The van der Waals surface area contributed by atoms with Gasteiger partial charge in [0.1, 0.15) is 5.75 Å². The molecule has 0 aliphatic rings. The van der Waals surface area contributed by atoms with E-state index < -0.39 is 0 Å². The molecule has 2 rings (SSSR count). The van der Waals surface area contributed by atoms with Crippen LogP contribution in [-0.4, -0.2) is 16.8 Å². The predicted octanol–water partition coefficient (Wildman–Crippen LogP) is 3.20. The lowest BCUT2D eigenvalue weighted by molar-refractivity contribution is 0.110. The van der Waals surface area contributed by atoms with Crippen LogP contribution in [-0.2, 0) is 0 Å². The molecule has 0 unspecified atom stereocenters. The fourth-order valence-corrected chi connectivity index (χ4v) is 1.28. The molecule has 1 aromatic heterocycles. The average Bonchev–Trinajstić information content (AvgIpc) is 2.34. The summed E-state index contributed by atoms with van der Waals surface area (Å²) in [4.78, 5) is 7.71. The standard InChI is InChI=1S/C11H8Cl2N2O2/c12-8-1-3-10(4-2-8)16-7-17-11-14-5-9(13)6-15-11/h1-6H,7H2. The average molecular weight is 271 g/mol. The Bertz CT molecular complexity index is 428. The number of rotatable bonds is 4. The Morgan fingerprint density at radius 2 is 1.53 bits per heavy atom. The van der Waals surface area contributed by atoms with Crippen molar-refractivity contribution in [3.63, 3.8) is 0 Å². The molecule has 0 fully saturated rings. The van der Waals surface area contributed by atoms with Crippen LogP contribution >= 0.6 is 23.2 Å². The molecule has 0 spiro atoms. The lowest BCUT2D eigenvalue weighted by Gasteiger charge is -2.06. The van der Waals surface area contributed by atoms with Crippen LogP contribution in [0.25, 0.3) is 0 Å². The van der Waals surface area contributed by atoms with Crippen LogP contribution < -0.4 is 9.47 Å². The molecule has 0 aliphatic heterocycles. The summed E-state index contributed by atoms with van der Waals surface area (Å²) in [5.41, 5.74) is 0. The second-order valence-corrected chi connectivity index (χ2v) is 3.92. The molecule has 0 bridgehead atoms. The van der Waals surface area contributed by atoms with Crippen molar-refractivity contribution in [3.05, 3.63) is 46.7 Å². The Hall–Kier alpha value is -1.52. The lowest BCUT2D eigenvalue weighted by atomic mass is 10.3. The van der Waals surface area contributed by atoms with Gasteiger partial charge in [-0.15, -0.1) is 0 Å². The van der Waals surface area contributed by atoms with E-state index in [4.69, 9.17) is 32.7 Å². The first kappa shape index (κ1) is 12.0. The molecule has 0 amide bonds. The zero-order valence-electron chi connectivity index (χ0n) is 8.64. The molecular weight excluding hydrogens is 263 g/mol. The molecule has 17 heavy (non-hydrogen) atoms. The molecule has 6 heteroatoms. The Kier molecular flexibility index (Phi) is 4.01. The van der Waals surface area contributed by atoms with Gasteiger partial charge in [0.05, 0.1) is 17.4 Å². The zero-order valence-corrected chi connectivity index (χ0v) is 10.1. The summed E-state index contributed by atoms with van der Waals surface area (Å²) >= 11 is 11.4. The van der Waals surface area contributed by atoms with E-state index in [9.17, 15) is 0 Å². The van der Waals surface area contributed by atoms with Crippen molar-refractivity contribution < 1.29 is 9.47 Å². The minimum absolute atomic E-state index is 0.0171. The molecular formula is C11H8Cl2N2O2. The summed E-state index contributed by atoms with van der Waals surface area (Å²) in [6.07, 6.45) is 2.90. The van der Waals surface area contributed by atoms with E-state index in [0.29, 0.717) is 15.8 Å². The molecule has 0 N–H and O–H groups in total. The van der Waals surface area contributed by atoms with Gasteiger partial charge in [0.25, 0.3) is 0 Å². The van der Waals surface area contributed by atoms with Crippen molar-refractivity contribution in [2.45, 2.75) is 0 Å². The summed E-state index contributed by atoms with van der Waals surface area (Å²) in [5, 5.41) is 1.11. The Morgan fingerprint density at radius 3 is 2.18 bits per heavy atom. The van der Waals surface area contributed by atoms with E-state index in [1.807, 2.05) is 0 Å². The smallest absolute Gasteiger partial charge is 0.319 e. The van der Waals surface area contributed by atoms with Crippen molar-refractivity contribution in [3.8, 4) is 11.8 Å². The third-order valence-corrected chi connectivity index (χ3v) is 2.27. The van der Waals surface area contributed by atoms with Crippen LogP contribution in [0.5, 0.6) is 11.8 Å². The topological polar surface area (TPSA) is 44.2 Å². The van der Waals surface area contributed by atoms with E-state index >= 15 is 0 Å². The molecule has 0 saturated heterocycles. The van der Waals surface area contributed by atoms with Crippen molar-refractivity contribution in [2.24, 2.45) is 0 Å². The lowest BCUT2D eigenvalue weighted by Crippen LogP contribution is -2.07. The summed E-state index contributed by atoms with van der Waals surface area (Å²) in [5.74, 6) is 0.656. The first-order valence-electron chi connectivity index (χ1n) is 4.73. The zero-order chi connectivity index (χ0) is 12.1. The molecule has 0 radical (unpaired) electrons. The SMILES string of the molecule is Clc1ccc(OCOc2ncc(Cl)cn2)cc1. The largest absolute Gasteiger partial charge is 0.457 e. The van der Waals surface area contributed by atoms with Gasteiger partial charge < -0.3 is 9.47 Å². The molecule has 2 aromatic rings. The van der Waals surface area contributed by atoms with Crippen molar-refractivity contribution >= 4 is 23.2 Å². The van der Waals surface area contributed by atoms with Crippen LogP contribution in [0, 0.1) is 0 Å². The van der Waals surface area contributed by atoms with Gasteiger partial charge in [-0.3, -0.25) is 0 Å². The van der Waals surface area contributed by atoms with Gasteiger partial charge in [-0.2, -0.15) is 0 Å². The Labute approximate surface area is 108 Å². The quantitative estimate of drug-likeness (QED) is 0.801. The maximum absolute atomic E-state index is 5.74. The molecule has 0 saturated carbocycles. The highest BCUT2D eigenvalue weighted by molar-refractivity contribution is 6.30. The highest BCUT2D eigenvalue weighted by Crippen LogP contribution is 2.15. The van der Waals surface area contributed by atoms with Crippen molar-refractivity contribution in [1.82, 2.24) is 9.97 Å². The predicted molar refractivity (Wildman–Crippen MR) is 64.6 cm³/mol. The van der Waals surface area contributed by atoms with Crippen molar-refractivity contribution in [2.75, 3.05) is 6.79 Å². The van der Waals surface area contributed by atoms with Crippen LogP contribution in [0.1, 0.15) is 0 Å². The minimum Gasteiger partial charge on any atom is -0.457 e. The molecule has 88 valence electrons. The first-order valence-corrected chi connectivity index (χ1v) is 5.48. The maximum atomic E-state index is 5.74.